The maximum absolute atomic E-state index is 2.39. The first kappa shape index (κ1) is 17.7. The fourth-order valence-electron chi connectivity index (χ4n) is 5.57. The molecule has 0 unspecified atom stereocenters. The molecule has 0 heterocycles. The molecule has 0 aromatic heterocycles. The quantitative estimate of drug-likeness (QED) is 0.272. The van der Waals surface area contributed by atoms with Crippen molar-refractivity contribution in [3.05, 3.63) is 131 Å². The first-order chi connectivity index (χ1) is 15.8. The van der Waals surface area contributed by atoms with Crippen LogP contribution in [0.5, 0.6) is 0 Å². The van der Waals surface area contributed by atoms with Gasteiger partial charge in [-0.15, -0.1) is 0 Å². The van der Waals surface area contributed by atoms with Crippen LogP contribution in [0, 0.1) is 0 Å². The Morgan fingerprint density at radius 3 is 1.16 bits per heavy atom. The summed E-state index contributed by atoms with van der Waals surface area (Å²) in [6.45, 7) is 0. The molecule has 0 radical (unpaired) electrons. The van der Waals surface area contributed by atoms with Gasteiger partial charge in [0.2, 0.25) is 0 Å². The van der Waals surface area contributed by atoms with E-state index in [0.29, 0.717) is 0 Å². The molecule has 0 aliphatic heterocycles. The molecule has 0 nitrogen and oxygen atoms in total. The van der Waals surface area contributed by atoms with E-state index in [4.69, 9.17) is 0 Å². The van der Waals surface area contributed by atoms with Crippen molar-refractivity contribution in [1.29, 1.82) is 0 Å². The monoisotopic (exact) mass is 406 g/mol. The molecular formula is C32H22. The highest BCUT2D eigenvalue weighted by atomic mass is 14.2. The molecule has 2 aliphatic carbocycles. The van der Waals surface area contributed by atoms with Crippen LogP contribution in [0.25, 0.3) is 44.5 Å². The summed E-state index contributed by atoms with van der Waals surface area (Å²) in [5.41, 5.74) is 16.4. The fourth-order valence-corrected chi connectivity index (χ4v) is 5.57. The van der Waals surface area contributed by atoms with Crippen LogP contribution in [0.15, 0.2) is 109 Å². The molecule has 0 saturated heterocycles. The summed E-state index contributed by atoms with van der Waals surface area (Å²) in [7, 11) is 0. The molecule has 0 heteroatoms. The molecule has 32 heavy (non-hydrogen) atoms. The van der Waals surface area contributed by atoms with E-state index in [-0.39, 0.29) is 0 Å². The van der Waals surface area contributed by atoms with Crippen molar-refractivity contribution in [2.75, 3.05) is 0 Å². The topological polar surface area (TPSA) is 0 Å². The van der Waals surface area contributed by atoms with Gasteiger partial charge >= 0.3 is 0 Å². The second kappa shape index (κ2) is 6.80. The third kappa shape index (κ3) is 2.63. The van der Waals surface area contributed by atoms with Gasteiger partial charge in [-0.2, -0.15) is 0 Å². The second-order valence-electron chi connectivity index (χ2n) is 8.96. The lowest BCUT2D eigenvalue weighted by Gasteiger charge is -2.13. The molecule has 0 fully saturated rings. The number of hydrogen-bond donors (Lipinski definition) is 0. The number of fused-ring (bicyclic) bond motifs is 6. The molecular weight excluding hydrogens is 384 g/mol. The fraction of sp³-hybridized carbons (Fsp3) is 0.0625. The van der Waals surface area contributed by atoms with Crippen LogP contribution in [0.1, 0.15) is 22.3 Å². The van der Waals surface area contributed by atoms with E-state index in [9.17, 15) is 0 Å². The summed E-state index contributed by atoms with van der Waals surface area (Å²) in [5.74, 6) is 0. The zero-order valence-corrected chi connectivity index (χ0v) is 17.8. The van der Waals surface area contributed by atoms with Crippen molar-refractivity contribution < 1.29 is 0 Å². The van der Waals surface area contributed by atoms with Crippen molar-refractivity contribution in [3.63, 3.8) is 0 Å². The Bertz CT molecular complexity index is 1400. The van der Waals surface area contributed by atoms with Crippen LogP contribution in [-0.2, 0) is 12.8 Å². The Labute approximate surface area is 188 Å². The van der Waals surface area contributed by atoms with Crippen LogP contribution in [0.3, 0.4) is 0 Å². The van der Waals surface area contributed by atoms with Gasteiger partial charge in [-0.3, -0.25) is 0 Å². The summed E-state index contributed by atoms with van der Waals surface area (Å²) in [4.78, 5) is 0. The van der Waals surface area contributed by atoms with Gasteiger partial charge in [0, 0.05) is 0 Å². The van der Waals surface area contributed by atoms with Crippen molar-refractivity contribution in [2.45, 2.75) is 12.8 Å². The highest BCUT2D eigenvalue weighted by molar-refractivity contribution is 5.90. The normalized spacial score (nSPS) is 12.8. The first-order valence-electron chi connectivity index (χ1n) is 11.4. The Morgan fingerprint density at radius 1 is 0.312 bits per heavy atom. The standard InChI is InChI=1S/C32H22/c1-3-11-29-21(7-1)17-23-13-15-25(19-31(23)29)27-9-5-6-10-28(27)26-16-14-24-18-22-8-2-4-12-30(22)32(24)20-26/h1-16,19-20H,17-18H2. The summed E-state index contributed by atoms with van der Waals surface area (Å²) in [6, 6.07) is 40.5. The van der Waals surface area contributed by atoms with Crippen LogP contribution < -0.4 is 0 Å². The van der Waals surface area contributed by atoms with Crippen LogP contribution in [-0.4, -0.2) is 0 Å². The van der Waals surface area contributed by atoms with Gasteiger partial charge < -0.3 is 0 Å². The second-order valence-corrected chi connectivity index (χ2v) is 8.96. The predicted molar refractivity (Wildman–Crippen MR) is 134 cm³/mol. The van der Waals surface area contributed by atoms with Crippen LogP contribution in [0.4, 0.5) is 0 Å². The molecule has 2 aliphatic rings. The summed E-state index contributed by atoms with van der Waals surface area (Å²) in [6.07, 6.45) is 2.08. The predicted octanol–water partition coefficient (Wildman–Crippen LogP) is 8.16. The lowest BCUT2D eigenvalue weighted by Crippen LogP contribution is -1.88. The van der Waals surface area contributed by atoms with Crippen molar-refractivity contribution in [2.24, 2.45) is 0 Å². The summed E-state index contributed by atoms with van der Waals surface area (Å²) >= 11 is 0. The van der Waals surface area contributed by atoms with E-state index in [1.165, 1.54) is 66.8 Å². The zero-order chi connectivity index (χ0) is 21.1. The third-order valence-electron chi connectivity index (χ3n) is 7.15. The van der Waals surface area contributed by atoms with Gasteiger partial charge in [-0.05, 0) is 91.7 Å². The molecule has 5 aromatic carbocycles. The van der Waals surface area contributed by atoms with E-state index < -0.39 is 0 Å². The highest BCUT2D eigenvalue weighted by Gasteiger charge is 2.21. The smallest absolute Gasteiger partial charge is 0.00134 e. The lowest BCUT2D eigenvalue weighted by atomic mass is 9.91. The van der Waals surface area contributed by atoms with E-state index in [1.54, 1.807) is 0 Å². The van der Waals surface area contributed by atoms with Crippen molar-refractivity contribution in [1.82, 2.24) is 0 Å². The average Bonchev–Trinajstić information content (AvgIpc) is 3.41. The van der Waals surface area contributed by atoms with Gasteiger partial charge in [0.1, 0.15) is 0 Å². The molecule has 0 amide bonds. The number of hydrogen-bond acceptors (Lipinski definition) is 0. The maximum Gasteiger partial charge on any atom is -0.00134 e. The SMILES string of the molecule is c1ccc2c(c1)Cc1ccc(-c3ccccc3-c3ccc4c(c3)-c3ccccc3C4)cc1-2. The van der Waals surface area contributed by atoms with Crippen molar-refractivity contribution in [3.8, 4) is 44.5 Å². The molecule has 0 spiro atoms. The highest BCUT2D eigenvalue weighted by Crippen LogP contribution is 2.43. The minimum absolute atomic E-state index is 1.04. The maximum atomic E-state index is 2.39. The Kier molecular flexibility index (Phi) is 3.77. The van der Waals surface area contributed by atoms with Gasteiger partial charge in [0.15, 0.2) is 0 Å². The van der Waals surface area contributed by atoms with Crippen LogP contribution in [0.2, 0.25) is 0 Å². The van der Waals surface area contributed by atoms with Gasteiger partial charge in [0.25, 0.3) is 0 Å². The minimum Gasteiger partial charge on any atom is -0.0619 e. The van der Waals surface area contributed by atoms with E-state index in [1.807, 2.05) is 0 Å². The van der Waals surface area contributed by atoms with Gasteiger partial charge in [-0.25, -0.2) is 0 Å². The molecule has 7 rings (SSSR count). The zero-order valence-electron chi connectivity index (χ0n) is 17.8. The average molecular weight is 407 g/mol. The molecule has 0 saturated carbocycles. The summed E-state index contributed by atoms with van der Waals surface area (Å²) in [5, 5.41) is 0. The lowest BCUT2D eigenvalue weighted by molar-refractivity contribution is 1.26. The van der Waals surface area contributed by atoms with Gasteiger partial charge in [0.05, 0.1) is 0 Å². The van der Waals surface area contributed by atoms with Crippen molar-refractivity contribution >= 4 is 0 Å². The number of rotatable bonds is 2. The largest absolute Gasteiger partial charge is 0.0619 e. The molecule has 5 aromatic rings. The van der Waals surface area contributed by atoms with Crippen LogP contribution >= 0.6 is 0 Å². The molecule has 150 valence electrons. The molecule has 0 atom stereocenters. The van der Waals surface area contributed by atoms with E-state index in [0.717, 1.165) is 12.8 Å². The third-order valence-corrected chi connectivity index (χ3v) is 7.15. The number of benzene rings is 5. The van der Waals surface area contributed by atoms with E-state index in [2.05, 4.69) is 109 Å². The Morgan fingerprint density at radius 2 is 0.688 bits per heavy atom. The molecule has 0 bridgehead atoms. The first-order valence-corrected chi connectivity index (χ1v) is 11.4. The molecule has 0 N–H and O–H groups in total. The Balaban J connectivity index is 1.37. The summed E-state index contributed by atoms with van der Waals surface area (Å²) < 4.78 is 0. The van der Waals surface area contributed by atoms with Gasteiger partial charge in [-0.1, -0.05) is 97.1 Å². The minimum atomic E-state index is 1.04. The Hall–Kier alpha value is -3.90. The van der Waals surface area contributed by atoms with E-state index >= 15 is 0 Å².